The average Bonchev–Trinajstić information content (AvgIpc) is 2.08. The lowest BCUT2D eigenvalue weighted by molar-refractivity contribution is 0.415. The molecule has 0 fully saturated rings. The number of ether oxygens (including phenoxy) is 1. The first-order valence-corrected chi connectivity index (χ1v) is 10.8. The molecule has 0 aromatic heterocycles. The normalized spacial score (nSPS) is 7.18. The Morgan fingerprint density at radius 3 is 2.09 bits per heavy atom. The Kier molecular flexibility index (Phi) is 9.44. The van der Waals surface area contributed by atoms with Crippen molar-refractivity contribution in [3.63, 3.8) is 0 Å². The predicted molar refractivity (Wildman–Crippen MR) is 55.4 cm³/mol. The molecule has 0 aliphatic carbocycles. The second-order valence-electron chi connectivity index (χ2n) is 1.54. The standard InChI is InChI=1S/C7H7O.2BrH.Mg/c1-8-7-5-3-2-4-6-7;;;/h3-6H,1H3;2*1H;/q;;;+2/p-2. The summed E-state index contributed by atoms with van der Waals surface area (Å²) in [5.41, 5.74) is 0. The summed E-state index contributed by atoms with van der Waals surface area (Å²) in [5.74, 6) is 0.878. The van der Waals surface area contributed by atoms with Gasteiger partial charge in [-0.3, -0.25) is 25.8 Å². The van der Waals surface area contributed by atoms with Gasteiger partial charge in [0.2, 0.25) is 0 Å². The summed E-state index contributed by atoms with van der Waals surface area (Å²) in [6, 6.07) is 10.2. The van der Waals surface area contributed by atoms with Crippen molar-refractivity contribution in [1.82, 2.24) is 0 Å². The molecule has 0 aliphatic heterocycles. The molecule has 0 atom stereocenters. The van der Waals surface area contributed by atoms with Crippen molar-refractivity contribution >= 4 is 41.8 Å². The average molecular weight is 291 g/mol. The van der Waals surface area contributed by atoms with Crippen molar-refractivity contribution in [2.24, 2.45) is 0 Å². The Morgan fingerprint density at radius 2 is 1.82 bits per heavy atom. The van der Waals surface area contributed by atoms with Crippen LogP contribution in [0.4, 0.5) is 0 Å². The molecule has 0 N–H and O–H groups in total. The summed E-state index contributed by atoms with van der Waals surface area (Å²) in [4.78, 5) is 0. The molecule has 0 saturated carbocycles. The highest BCUT2D eigenvalue weighted by molar-refractivity contribution is 9.47. The first kappa shape index (κ1) is 11.7. The van der Waals surface area contributed by atoms with E-state index in [0.717, 1.165) is 5.75 Å². The lowest BCUT2D eigenvalue weighted by atomic mass is 10.3. The van der Waals surface area contributed by atoms with Crippen LogP contribution in [0.25, 0.3) is 0 Å². The van der Waals surface area contributed by atoms with Crippen molar-refractivity contribution in [1.29, 1.82) is 0 Å². The number of rotatable bonds is 1. The Labute approximate surface area is 89.0 Å². The van der Waals surface area contributed by atoms with Gasteiger partial charge in [-0.1, -0.05) is 12.1 Å². The van der Waals surface area contributed by atoms with Crippen LogP contribution in [0.3, 0.4) is 0 Å². The Balaban J connectivity index is 0.000000292. The second kappa shape index (κ2) is 8.84. The number of benzene rings is 1. The summed E-state index contributed by atoms with van der Waals surface area (Å²) in [6.07, 6.45) is 0. The molecular formula is C7H7Br2MgO. The van der Waals surface area contributed by atoms with Crippen molar-refractivity contribution in [2.75, 3.05) is 7.11 Å². The van der Waals surface area contributed by atoms with Gasteiger partial charge in [0.25, 0.3) is 0 Å². The molecule has 57 valence electrons. The molecule has 1 rings (SSSR count). The van der Waals surface area contributed by atoms with Crippen LogP contribution in [0.1, 0.15) is 0 Å². The second-order valence-corrected chi connectivity index (χ2v) is 9.62. The maximum atomic E-state index is 4.89. The minimum Gasteiger partial charge on any atom is -0.497 e. The molecule has 0 spiro atoms. The van der Waals surface area contributed by atoms with Crippen LogP contribution in [0.5, 0.6) is 5.75 Å². The number of hydrogen-bond acceptors (Lipinski definition) is 1. The molecular weight excluding hydrogens is 284 g/mol. The first-order chi connectivity index (χ1) is 5.35. The summed E-state index contributed by atoms with van der Waals surface area (Å²) in [6.45, 7) is 0. The number of hydrogen-bond donors (Lipinski definition) is 0. The van der Waals surface area contributed by atoms with Crippen molar-refractivity contribution in [3.8, 4) is 5.75 Å². The quantitative estimate of drug-likeness (QED) is 0.723. The summed E-state index contributed by atoms with van der Waals surface area (Å²) in [5, 5.41) is 0. The van der Waals surface area contributed by atoms with Crippen LogP contribution in [-0.2, 0) is 0 Å². The van der Waals surface area contributed by atoms with Gasteiger partial charge in [-0.15, -0.1) is 0 Å². The molecule has 11 heavy (non-hydrogen) atoms. The van der Waals surface area contributed by atoms with Gasteiger partial charge >= 0.3 is 16.0 Å². The van der Waals surface area contributed by atoms with E-state index < -0.39 is 0 Å². The van der Waals surface area contributed by atoms with Gasteiger partial charge in [0.1, 0.15) is 5.75 Å². The van der Waals surface area contributed by atoms with Crippen molar-refractivity contribution < 1.29 is 4.74 Å². The molecule has 0 aliphatic rings. The molecule has 1 nitrogen and oxygen atoms in total. The van der Waals surface area contributed by atoms with E-state index in [2.05, 4.69) is 31.8 Å². The van der Waals surface area contributed by atoms with E-state index in [1.165, 1.54) is 0 Å². The fourth-order valence-electron chi connectivity index (χ4n) is 0.508. The van der Waals surface area contributed by atoms with Crippen LogP contribution < -0.4 is 4.74 Å². The Bertz CT molecular complexity index is 169. The van der Waals surface area contributed by atoms with Gasteiger partial charge in [-0.2, -0.15) is 0 Å². The first-order valence-electron chi connectivity index (χ1n) is 2.97. The van der Waals surface area contributed by atoms with E-state index in [9.17, 15) is 0 Å². The van der Waals surface area contributed by atoms with Crippen molar-refractivity contribution in [2.45, 2.75) is 0 Å². The minimum atomic E-state index is 0.0417. The van der Waals surface area contributed by atoms with Gasteiger partial charge in [-0.25, -0.2) is 0 Å². The topological polar surface area (TPSA) is 9.23 Å². The van der Waals surface area contributed by atoms with Crippen LogP contribution in [0.15, 0.2) is 24.3 Å². The van der Waals surface area contributed by atoms with E-state index >= 15 is 0 Å². The van der Waals surface area contributed by atoms with Gasteiger partial charge in [0.05, 0.1) is 7.11 Å². The minimum absolute atomic E-state index is 0.0417. The zero-order valence-electron chi connectivity index (χ0n) is 6.18. The van der Waals surface area contributed by atoms with E-state index in [1.54, 1.807) is 7.11 Å². The van der Waals surface area contributed by atoms with E-state index in [4.69, 9.17) is 4.74 Å². The lowest BCUT2D eigenvalue weighted by Crippen LogP contribution is -1.78. The monoisotopic (exact) mass is 289 g/mol. The third-order valence-electron chi connectivity index (χ3n) is 0.923. The third kappa shape index (κ3) is 7.12. The zero-order chi connectivity index (χ0) is 8.53. The van der Waals surface area contributed by atoms with Gasteiger partial charge in [0.15, 0.2) is 0 Å². The van der Waals surface area contributed by atoms with Gasteiger partial charge in [-0.05, 0) is 18.2 Å². The fraction of sp³-hybridized carbons (Fsp3) is 0.143. The molecule has 0 heterocycles. The molecule has 0 bridgehead atoms. The van der Waals surface area contributed by atoms with Gasteiger partial charge in [0, 0.05) is 0 Å². The smallest absolute Gasteiger partial charge is 0.497 e. The highest BCUT2D eigenvalue weighted by Crippen LogP contribution is 2.05. The van der Waals surface area contributed by atoms with E-state index in [1.807, 2.05) is 24.3 Å². The third-order valence-corrected chi connectivity index (χ3v) is 0.923. The van der Waals surface area contributed by atoms with Gasteiger partial charge < -0.3 is 4.74 Å². The SMILES string of the molecule is COc1cc[c]cc1.[Br][Mg][Br]. The Hall–Kier alpha value is 0.746. The predicted octanol–water partition coefficient (Wildman–Crippen LogP) is 2.81. The molecule has 0 saturated heterocycles. The van der Waals surface area contributed by atoms with E-state index in [0.29, 0.717) is 0 Å². The number of halogens is 2. The summed E-state index contributed by atoms with van der Waals surface area (Å²) < 4.78 is 4.89. The molecule has 4 heteroatoms. The largest absolute Gasteiger partial charge is 0.560 e. The molecule has 1 radical (unpaired) electrons. The Morgan fingerprint density at radius 1 is 1.36 bits per heavy atom. The molecule has 1 aromatic carbocycles. The lowest BCUT2D eigenvalue weighted by Gasteiger charge is -1.93. The molecule has 0 unspecified atom stereocenters. The summed E-state index contributed by atoms with van der Waals surface area (Å²) in [7, 11) is 1.65. The van der Waals surface area contributed by atoms with Crippen LogP contribution in [-0.4, -0.2) is 23.1 Å². The molecule has 1 aromatic rings. The highest BCUT2D eigenvalue weighted by atomic mass is 79.9. The maximum Gasteiger partial charge on any atom is 0.560 e. The number of methoxy groups -OCH3 is 1. The maximum absolute atomic E-state index is 4.89. The van der Waals surface area contributed by atoms with Crippen LogP contribution in [0.2, 0.25) is 0 Å². The van der Waals surface area contributed by atoms with E-state index in [-0.39, 0.29) is 16.0 Å². The van der Waals surface area contributed by atoms with Crippen molar-refractivity contribution in [3.05, 3.63) is 30.3 Å². The molecule has 0 amide bonds. The van der Waals surface area contributed by atoms with Crippen LogP contribution in [0, 0.1) is 6.07 Å². The fourth-order valence-corrected chi connectivity index (χ4v) is 0.508. The van der Waals surface area contributed by atoms with Crippen LogP contribution >= 0.6 is 25.8 Å². The summed E-state index contributed by atoms with van der Waals surface area (Å²) >= 11 is 6.44. The zero-order valence-corrected chi connectivity index (χ0v) is 10.8. The highest BCUT2D eigenvalue weighted by Gasteiger charge is 1.80.